The maximum absolute atomic E-state index is 12.1. The van der Waals surface area contributed by atoms with Gasteiger partial charge in [-0.05, 0) is 36.4 Å². The fraction of sp³-hybridized carbons (Fsp3) is 0. The van der Waals surface area contributed by atoms with E-state index in [1.54, 1.807) is 29.6 Å². The zero-order chi connectivity index (χ0) is 15.5. The van der Waals surface area contributed by atoms with Crippen molar-refractivity contribution in [1.82, 2.24) is 9.55 Å². The lowest BCUT2D eigenvalue weighted by Crippen LogP contribution is -2.13. The minimum atomic E-state index is -0.506. The zero-order valence-corrected chi connectivity index (χ0v) is 12.2. The van der Waals surface area contributed by atoms with Crippen LogP contribution in [0.5, 0.6) is 0 Å². The van der Waals surface area contributed by atoms with E-state index in [1.807, 2.05) is 29.1 Å². The monoisotopic (exact) mass is 312 g/mol. The number of amides is 2. The van der Waals surface area contributed by atoms with Crippen LogP contribution in [-0.4, -0.2) is 21.4 Å². The Morgan fingerprint density at radius 1 is 1.14 bits per heavy atom. The number of nitrogens with one attached hydrogen (secondary N) is 1. The Balaban J connectivity index is 1.73. The average molecular weight is 312 g/mol. The molecule has 110 valence electrons. The fourth-order valence-corrected chi connectivity index (χ4v) is 2.63. The van der Waals surface area contributed by atoms with Crippen LogP contribution >= 0.6 is 11.3 Å². The van der Waals surface area contributed by atoms with Crippen molar-refractivity contribution >= 4 is 28.8 Å². The molecule has 0 atom stereocenters. The largest absolute Gasteiger partial charge is 0.366 e. The van der Waals surface area contributed by atoms with Crippen molar-refractivity contribution in [2.45, 2.75) is 0 Å². The molecular weight excluding hydrogens is 300 g/mol. The number of primary amides is 1. The molecule has 22 heavy (non-hydrogen) atoms. The van der Waals surface area contributed by atoms with Gasteiger partial charge in [-0.1, -0.05) is 0 Å². The number of carbonyl (C=O) groups is 2. The van der Waals surface area contributed by atoms with Gasteiger partial charge in [0.2, 0.25) is 5.91 Å². The molecule has 3 rings (SSSR count). The fourth-order valence-electron chi connectivity index (χ4n) is 1.86. The van der Waals surface area contributed by atoms with Crippen LogP contribution in [0.3, 0.4) is 0 Å². The zero-order valence-electron chi connectivity index (χ0n) is 11.4. The molecule has 0 spiro atoms. The molecule has 2 amide bonds. The van der Waals surface area contributed by atoms with Gasteiger partial charge in [0.05, 0.1) is 0 Å². The summed E-state index contributed by atoms with van der Waals surface area (Å²) in [6, 6.07) is 10.1. The van der Waals surface area contributed by atoms with Gasteiger partial charge in [0.15, 0.2) is 5.13 Å². The van der Waals surface area contributed by atoms with Gasteiger partial charge in [-0.3, -0.25) is 9.59 Å². The maximum Gasteiger partial charge on any atom is 0.275 e. The standard InChI is InChI=1S/C15H12N4O2S/c16-13(20)10-3-5-11(6-4-10)17-14(21)12-9-22-15(18-12)19-7-1-2-8-19/h1-9H,(H2,16,20)(H,17,21). The van der Waals surface area contributed by atoms with Crippen LogP contribution in [0.1, 0.15) is 20.8 Å². The van der Waals surface area contributed by atoms with Crippen LogP contribution in [0.15, 0.2) is 54.2 Å². The second-order valence-electron chi connectivity index (χ2n) is 4.50. The van der Waals surface area contributed by atoms with Crippen LogP contribution in [-0.2, 0) is 0 Å². The Hall–Kier alpha value is -2.93. The topological polar surface area (TPSA) is 90.0 Å². The summed E-state index contributed by atoms with van der Waals surface area (Å²) in [5.74, 6) is -0.810. The number of aromatic nitrogens is 2. The summed E-state index contributed by atoms with van der Waals surface area (Å²) < 4.78 is 1.84. The molecule has 0 radical (unpaired) electrons. The van der Waals surface area contributed by atoms with E-state index in [4.69, 9.17) is 5.73 Å². The van der Waals surface area contributed by atoms with E-state index in [2.05, 4.69) is 10.3 Å². The molecule has 2 heterocycles. The third kappa shape index (κ3) is 2.89. The number of benzene rings is 1. The molecule has 0 aliphatic heterocycles. The van der Waals surface area contributed by atoms with E-state index in [9.17, 15) is 9.59 Å². The van der Waals surface area contributed by atoms with Gasteiger partial charge < -0.3 is 15.6 Å². The number of thiazole rings is 1. The maximum atomic E-state index is 12.1. The summed E-state index contributed by atoms with van der Waals surface area (Å²) in [5, 5.41) is 5.15. The molecular formula is C15H12N4O2S. The minimum absolute atomic E-state index is 0.304. The molecule has 3 aromatic rings. The number of anilines is 1. The molecule has 6 nitrogen and oxygen atoms in total. The van der Waals surface area contributed by atoms with Crippen molar-refractivity contribution in [3.05, 3.63) is 65.4 Å². The molecule has 7 heteroatoms. The molecule has 0 aliphatic carbocycles. The predicted octanol–water partition coefficient (Wildman–Crippen LogP) is 2.29. The van der Waals surface area contributed by atoms with Gasteiger partial charge in [0, 0.05) is 29.0 Å². The van der Waals surface area contributed by atoms with Crippen molar-refractivity contribution in [3.63, 3.8) is 0 Å². The number of hydrogen-bond donors (Lipinski definition) is 2. The summed E-state index contributed by atoms with van der Waals surface area (Å²) >= 11 is 1.38. The highest BCUT2D eigenvalue weighted by Crippen LogP contribution is 2.17. The summed E-state index contributed by atoms with van der Waals surface area (Å²) in [6.07, 6.45) is 3.73. The van der Waals surface area contributed by atoms with E-state index < -0.39 is 5.91 Å². The van der Waals surface area contributed by atoms with E-state index in [-0.39, 0.29) is 5.91 Å². The van der Waals surface area contributed by atoms with Gasteiger partial charge in [-0.2, -0.15) is 0 Å². The lowest BCUT2D eigenvalue weighted by molar-refractivity contribution is 0.0998. The van der Waals surface area contributed by atoms with Crippen molar-refractivity contribution in [2.24, 2.45) is 5.73 Å². The highest BCUT2D eigenvalue weighted by atomic mass is 32.1. The highest BCUT2D eigenvalue weighted by Gasteiger charge is 2.12. The minimum Gasteiger partial charge on any atom is -0.366 e. The number of nitrogens with two attached hydrogens (primary N) is 1. The number of carbonyl (C=O) groups excluding carboxylic acids is 2. The molecule has 0 fully saturated rings. The van der Waals surface area contributed by atoms with Gasteiger partial charge in [0.25, 0.3) is 5.91 Å². The Morgan fingerprint density at radius 3 is 2.45 bits per heavy atom. The van der Waals surface area contributed by atoms with E-state index in [0.29, 0.717) is 16.9 Å². The molecule has 0 unspecified atom stereocenters. The smallest absolute Gasteiger partial charge is 0.275 e. The van der Waals surface area contributed by atoms with Gasteiger partial charge in [-0.15, -0.1) is 11.3 Å². The summed E-state index contributed by atoms with van der Waals surface area (Å²) in [4.78, 5) is 27.4. The summed E-state index contributed by atoms with van der Waals surface area (Å²) in [5.41, 5.74) is 6.47. The lowest BCUT2D eigenvalue weighted by atomic mass is 10.2. The highest BCUT2D eigenvalue weighted by molar-refractivity contribution is 7.12. The van der Waals surface area contributed by atoms with Crippen LogP contribution < -0.4 is 11.1 Å². The van der Waals surface area contributed by atoms with Gasteiger partial charge in [-0.25, -0.2) is 4.98 Å². The molecule has 0 saturated heterocycles. The quantitative estimate of drug-likeness (QED) is 0.774. The normalized spacial score (nSPS) is 10.4. The Kier molecular flexibility index (Phi) is 3.71. The molecule has 2 aromatic heterocycles. The molecule has 3 N–H and O–H groups in total. The second-order valence-corrected chi connectivity index (χ2v) is 5.34. The van der Waals surface area contributed by atoms with Crippen molar-refractivity contribution in [2.75, 3.05) is 5.32 Å². The second kappa shape index (κ2) is 5.82. The lowest BCUT2D eigenvalue weighted by Gasteiger charge is -2.03. The van der Waals surface area contributed by atoms with E-state index in [0.717, 1.165) is 5.13 Å². The average Bonchev–Trinajstić information content (AvgIpc) is 3.19. The predicted molar refractivity (Wildman–Crippen MR) is 84.4 cm³/mol. The van der Waals surface area contributed by atoms with Crippen LogP contribution in [0, 0.1) is 0 Å². The van der Waals surface area contributed by atoms with E-state index >= 15 is 0 Å². The first-order valence-corrected chi connectivity index (χ1v) is 7.31. The van der Waals surface area contributed by atoms with Crippen molar-refractivity contribution in [3.8, 4) is 5.13 Å². The summed E-state index contributed by atoms with van der Waals surface area (Å²) in [7, 11) is 0. The molecule has 0 aliphatic rings. The number of hydrogen-bond acceptors (Lipinski definition) is 4. The van der Waals surface area contributed by atoms with Crippen molar-refractivity contribution in [1.29, 1.82) is 0 Å². The third-order valence-corrected chi connectivity index (χ3v) is 3.83. The van der Waals surface area contributed by atoms with Gasteiger partial charge in [0.1, 0.15) is 5.69 Å². The van der Waals surface area contributed by atoms with E-state index in [1.165, 1.54) is 11.3 Å². The Labute approximate surface area is 130 Å². The first-order valence-electron chi connectivity index (χ1n) is 6.43. The Morgan fingerprint density at radius 2 is 1.82 bits per heavy atom. The molecule has 1 aromatic carbocycles. The SMILES string of the molecule is NC(=O)c1ccc(NC(=O)c2csc(-n3cccc3)n2)cc1. The number of nitrogens with zero attached hydrogens (tertiary/aromatic N) is 2. The first kappa shape index (κ1) is 14.0. The van der Waals surface area contributed by atoms with Gasteiger partial charge >= 0.3 is 0 Å². The van der Waals surface area contributed by atoms with Crippen LogP contribution in [0.4, 0.5) is 5.69 Å². The Bertz CT molecular complexity index is 806. The first-order chi connectivity index (χ1) is 10.6. The molecule has 0 bridgehead atoms. The van der Waals surface area contributed by atoms with Crippen LogP contribution in [0.25, 0.3) is 5.13 Å². The summed E-state index contributed by atoms with van der Waals surface area (Å²) in [6.45, 7) is 0. The number of rotatable bonds is 4. The van der Waals surface area contributed by atoms with Crippen molar-refractivity contribution < 1.29 is 9.59 Å². The third-order valence-electron chi connectivity index (χ3n) is 2.98. The molecule has 0 saturated carbocycles. The van der Waals surface area contributed by atoms with Crippen LogP contribution in [0.2, 0.25) is 0 Å².